The second-order valence-electron chi connectivity index (χ2n) is 8.02. The molecule has 2 fully saturated rings. The van der Waals surface area contributed by atoms with E-state index >= 15 is 0 Å². The van der Waals surface area contributed by atoms with Crippen LogP contribution in [0.5, 0.6) is 0 Å². The number of benzene rings is 1. The van der Waals surface area contributed by atoms with Gasteiger partial charge >= 0.3 is 0 Å². The molecule has 0 amide bonds. The number of nitrogens with zero attached hydrogens (tertiary/aromatic N) is 3. The van der Waals surface area contributed by atoms with Gasteiger partial charge in [0.2, 0.25) is 10.0 Å². The molecule has 29 heavy (non-hydrogen) atoms. The van der Waals surface area contributed by atoms with Gasteiger partial charge in [0, 0.05) is 39.3 Å². The summed E-state index contributed by atoms with van der Waals surface area (Å²) in [5, 5.41) is 3.45. The number of likely N-dealkylation sites (tertiary alicyclic amines) is 1. The molecule has 2 aliphatic rings. The third-order valence-electron chi connectivity index (χ3n) is 6.24. The molecular weight excluding hydrogens is 499 g/mol. The number of guanidine groups is 1. The third-order valence-corrected chi connectivity index (χ3v) is 7.57. The molecule has 2 saturated heterocycles. The summed E-state index contributed by atoms with van der Waals surface area (Å²) in [6, 6.07) is 10.9. The lowest BCUT2D eigenvalue weighted by Gasteiger charge is -2.40. The Kier molecular flexibility index (Phi) is 9.21. The molecule has 0 aliphatic carbocycles. The molecule has 8 heteroatoms. The predicted octanol–water partition coefficient (Wildman–Crippen LogP) is 3.12. The van der Waals surface area contributed by atoms with E-state index in [-0.39, 0.29) is 30.0 Å². The minimum Gasteiger partial charge on any atom is -0.355 e. The van der Waals surface area contributed by atoms with Crippen molar-refractivity contribution in [3.8, 4) is 0 Å². The van der Waals surface area contributed by atoms with E-state index in [1.54, 1.807) is 4.31 Å². The monoisotopic (exact) mass is 534 g/mol. The Bertz CT molecular complexity index is 772. The van der Waals surface area contributed by atoms with Crippen LogP contribution in [-0.4, -0.2) is 69.1 Å². The van der Waals surface area contributed by atoms with Crippen molar-refractivity contribution in [3.63, 3.8) is 0 Å². The van der Waals surface area contributed by atoms with Gasteiger partial charge in [0.05, 0.1) is 6.26 Å². The fraction of sp³-hybridized carbons (Fsp3) is 0.667. The number of sulfonamides is 1. The summed E-state index contributed by atoms with van der Waals surface area (Å²) in [5.74, 6) is 2.08. The van der Waals surface area contributed by atoms with Gasteiger partial charge in [-0.2, -0.15) is 4.31 Å². The Morgan fingerprint density at radius 3 is 2.55 bits per heavy atom. The molecule has 2 heterocycles. The Balaban J connectivity index is 0.00000300. The molecule has 0 bridgehead atoms. The Labute approximate surface area is 193 Å². The Hall–Kier alpha value is -0.870. The molecule has 1 aromatic rings. The Morgan fingerprint density at radius 1 is 1.21 bits per heavy atom. The van der Waals surface area contributed by atoms with Crippen molar-refractivity contribution >= 4 is 40.0 Å². The van der Waals surface area contributed by atoms with Gasteiger partial charge < -0.3 is 10.2 Å². The highest BCUT2D eigenvalue weighted by molar-refractivity contribution is 14.0. The molecule has 2 unspecified atom stereocenters. The summed E-state index contributed by atoms with van der Waals surface area (Å²) in [6.07, 6.45) is 5.39. The first-order chi connectivity index (χ1) is 13.4. The zero-order valence-electron chi connectivity index (χ0n) is 17.8. The molecule has 3 rings (SSSR count). The van der Waals surface area contributed by atoms with Gasteiger partial charge in [-0.15, -0.1) is 24.0 Å². The maximum absolute atomic E-state index is 12.0. The number of aliphatic imine (C=N–C) groups is 1. The average molecular weight is 535 g/mol. The van der Waals surface area contributed by atoms with E-state index < -0.39 is 10.0 Å². The first-order valence-electron chi connectivity index (χ1n) is 10.4. The smallest absolute Gasteiger partial charge is 0.211 e. The topological polar surface area (TPSA) is 65.0 Å². The lowest BCUT2D eigenvalue weighted by Crippen LogP contribution is -2.51. The first-order valence-corrected chi connectivity index (χ1v) is 12.3. The summed E-state index contributed by atoms with van der Waals surface area (Å²) < 4.78 is 25.6. The number of nitrogens with one attached hydrogen (secondary N) is 1. The van der Waals surface area contributed by atoms with Crippen LogP contribution in [0, 0.1) is 5.92 Å². The minimum absolute atomic E-state index is 0. The number of halogens is 1. The number of hydrogen-bond acceptors (Lipinski definition) is 3. The van der Waals surface area contributed by atoms with Crippen LogP contribution < -0.4 is 5.32 Å². The van der Waals surface area contributed by atoms with E-state index in [4.69, 9.17) is 0 Å². The van der Waals surface area contributed by atoms with Crippen molar-refractivity contribution < 1.29 is 8.42 Å². The standard InChI is InChI=1S/C21H34N4O2S.HI/c1-4-17-16-24(14-12-20(17)18-9-6-5-7-10-18)21(22-2)23-15-19-11-8-13-25(19)28(3,26)27;/h5-7,9-10,17,19-20H,4,8,11-16H2,1-3H3,(H,22,23);1H/t17?,19-,20?;/m1./s1. The normalized spacial score (nSPS) is 26.2. The fourth-order valence-electron chi connectivity index (χ4n) is 4.77. The highest BCUT2D eigenvalue weighted by Crippen LogP contribution is 2.34. The van der Waals surface area contributed by atoms with Gasteiger partial charge in [-0.25, -0.2) is 8.42 Å². The molecule has 1 N–H and O–H groups in total. The van der Waals surface area contributed by atoms with Crippen LogP contribution in [0.3, 0.4) is 0 Å². The van der Waals surface area contributed by atoms with E-state index in [1.807, 2.05) is 7.05 Å². The van der Waals surface area contributed by atoms with Crippen molar-refractivity contribution in [3.05, 3.63) is 35.9 Å². The van der Waals surface area contributed by atoms with E-state index in [0.717, 1.165) is 44.7 Å². The van der Waals surface area contributed by atoms with Gasteiger partial charge in [0.15, 0.2) is 5.96 Å². The summed E-state index contributed by atoms with van der Waals surface area (Å²) in [4.78, 5) is 6.83. The number of hydrogen-bond donors (Lipinski definition) is 1. The predicted molar refractivity (Wildman–Crippen MR) is 131 cm³/mol. The van der Waals surface area contributed by atoms with Gasteiger partial charge in [-0.3, -0.25) is 4.99 Å². The molecule has 0 spiro atoms. The van der Waals surface area contributed by atoms with Crippen LogP contribution in [0.25, 0.3) is 0 Å². The zero-order valence-corrected chi connectivity index (χ0v) is 20.9. The highest BCUT2D eigenvalue weighted by Gasteiger charge is 2.33. The molecule has 3 atom stereocenters. The van der Waals surface area contributed by atoms with Gasteiger partial charge in [0.25, 0.3) is 0 Å². The molecule has 1 aromatic carbocycles. The van der Waals surface area contributed by atoms with Crippen molar-refractivity contribution in [2.24, 2.45) is 10.9 Å². The van der Waals surface area contributed by atoms with E-state index in [0.29, 0.717) is 24.9 Å². The van der Waals surface area contributed by atoms with Crippen LogP contribution in [0.4, 0.5) is 0 Å². The SMILES string of the molecule is CCC1CN(C(=NC)NC[C@H]2CCCN2S(C)(=O)=O)CCC1c1ccccc1.I. The van der Waals surface area contributed by atoms with Crippen LogP contribution in [0.1, 0.15) is 44.1 Å². The maximum atomic E-state index is 12.0. The quantitative estimate of drug-likeness (QED) is 0.358. The molecule has 6 nitrogen and oxygen atoms in total. The summed E-state index contributed by atoms with van der Waals surface area (Å²) >= 11 is 0. The largest absolute Gasteiger partial charge is 0.355 e. The molecule has 0 aromatic heterocycles. The molecule has 164 valence electrons. The van der Waals surface area contributed by atoms with Crippen molar-refractivity contribution in [1.82, 2.24) is 14.5 Å². The molecule has 0 radical (unpaired) electrons. The van der Waals surface area contributed by atoms with Crippen molar-refractivity contribution in [2.75, 3.05) is 39.5 Å². The Morgan fingerprint density at radius 2 is 1.93 bits per heavy atom. The lowest BCUT2D eigenvalue weighted by molar-refractivity contribution is 0.215. The second kappa shape index (κ2) is 10.9. The lowest BCUT2D eigenvalue weighted by atomic mass is 9.79. The van der Waals surface area contributed by atoms with Crippen LogP contribution in [0.2, 0.25) is 0 Å². The van der Waals surface area contributed by atoms with Crippen LogP contribution in [-0.2, 0) is 10.0 Å². The van der Waals surface area contributed by atoms with Gasteiger partial charge in [-0.05, 0) is 36.7 Å². The third kappa shape index (κ3) is 6.07. The van der Waals surface area contributed by atoms with Gasteiger partial charge in [0.1, 0.15) is 0 Å². The summed E-state index contributed by atoms with van der Waals surface area (Å²) in [7, 11) is -1.33. The van der Waals surface area contributed by atoms with E-state index in [1.165, 1.54) is 11.8 Å². The molecule has 0 saturated carbocycles. The number of rotatable bonds is 5. The summed E-state index contributed by atoms with van der Waals surface area (Å²) in [5.41, 5.74) is 1.44. The second-order valence-corrected chi connectivity index (χ2v) is 9.95. The number of piperidine rings is 1. The van der Waals surface area contributed by atoms with Crippen LogP contribution in [0.15, 0.2) is 35.3 Å². The maximum Gasteiger partial charge on any atom is 0.211 e. The van der Waals surface area contributed by atoms with Crippen molar-refractivity contribution in [1.29, 1.82) is 0 Å². The first kappa shape index (κ1) is 24.4. The molecular formula is C21H35IN4O2S. The summed E-state index contributed by atoms with van der Waals surface area (Å²) in [6.45, 7) is 5.47. The molecule has 2 aliphatic heterocycles. The van der Waals surface area contributed by atoms with E-state index in [9.17, 15) is 8.42 Å². The van der Waals surface area contributed by atoms with Gasteiger partial charge in [-0.1, -0.05) is 43.7 Å². The van der Waals surface area contributed by atoms with Crippen molar-refractivity contribution in [2.45, 2.75) is 44.6 Å². The van der Waals surface area contributed by atoms with E-state index in [2.05, 4.69) is 52.5 Å². The fourth-order valence-corrected chi connectivity index (χ4v) is 5.95. The average Bonchev–Trinajstić information content (AvgIpc) is 3.18. The highest BCUT2D eigenvalue weighted by atomic mass is 127. The zero-order chi connectivity index (χ0) is 20.1. The minimum atomic E-state index is -3.14. The van der Waals surface area contributed by atoms with Crippen LogP contribution >= 0.6 is 24.0 Å².